The Kier molecular flexibility index (Phi) is 6.01. The van der Waals surface area contributed by atoms with Gasteiger partial charge < -0.3 is 9.80 Å². The van der Waals surface area contributed by atoms with E-state index in [-0.39, 0.29) is 11.8 Å². The summed E-state index contributed by atoms with van der Waals surface area (Å²) in [5, 5.41) is 0.690. The number of carbonyl (C=O) groups is 1. The van der Waals surface area contributed by atoms with E-state index < -0.39 is 0 Å². The molecule has 0 N–H and O–H groups in total. The maximum Gasteiger partial charge on any atom is 0.265 e. The van der Waals surface area contributed by atoms with Crippen molar-refractivity contribution in [2.75, 3.05) is 32.1 Å². The summed E-state index contributed by atoms with van der Waals surface area (Å²) in [6, 6.07) is 7.80. The van der Waals surface area contributed by atoms with Gasteiger partial charge in [0.15, 0.2) is 0 Å². The summed E-state index contributed by atoms with van der Waals surface area (Å²) >= 11 is 7.65. The first-order chi connectivity index (χ1) is 14.4. The molecule has 8 heteroatoms. The number of likely N-dealkylation sites (tertiary alicyclic amines) is 1. The van der Waals surface area contributed by atoms with Crippen LogP contribution in [0.4, 0.5) is 5.95 Å². The highest BCUT2D eigenvalue weighted by Crippen LogP contribution is 2.36. The summed E-state index contributed by atoms with van der Waals surface area (Å²) in [6.45, 7) is 3.30. The zero-order chi connectivity index (χ0) is 21.3. The second-order valence-corrected chi connectivity index (χ2v) is 9.00. The number of amides is 1. The first-order valence-corrected chi connectivity index (χ1v) is 11.2. The molecule has 0 aliphatic carbocycles. The van der Waals surface area contributed by atoms with Gasteiger partial charge in [0, 0.05) is 49.9 Å². The highest BCUT2D eigenvalue weighted by molar-refractivity contribution is 7.11. The Morgan fingerprint density at radius 1 is 1.23 bits per heavy atom. The minimum absolute atomic E-state index is 0.0835. The summed E-state index contributed by atoms with van der Waals surface area (Å²) in [7, 11) is 3.88. The minimum Gasteiger partial charge on any atom is -0.347 e. The molecule has 1 fully saturated rings. The Morgan fingerprint density at radius 2 is 2.00 bits per heavy atom. The summed E-state index contributed by atoms with van der Waals surface area (Å²) in [6.07, 6.45) is 3.61. The van der Waals surface area contributed by atoms with Crippen molar-refractivity contribution >= 4 is 34.8 Å². The molecule has 1 saturated heterocycles. The molecule has 0 radical (unpaired) electrons. The monoisotopic (exact) mass is 441 g/mol. The van der Waals surface area contributed by atoms with Gasteiger partial charge in [0.2, 0.25) is 5.95 Å². The van der Waals surface area contributed by atoms with Gasteiger partial charge >= 0.3 is 0 Å². The van der Waals surface area contributed by atoms with Gasteiger partial charge in [-0.25, -0.2) is 15.0 Å². The standard InChI is InChI=1S/C22H24ClN5OS/c1-14-20(30-13-25-14)21(29)28-9-7-15(8-10-28)19-18(12-24-22(26-19)27(2)3)16-5-4-6-17(23)11-16/h4-6,11-13,15H,7-10H2,1-3H3. The molecule has 2 aromatic heterocycles. The number of anilines is 1. The van der Waals surface area contributed by atoms with E-state index in [2.05, 4.69) is 9.97 Å². The number of benzene rings is 1. The average Bonchev–Trinajstić information content (AvgIpc) is 3.18. The van der Waals surface area contributed by atoms with Crippen molar-refractivity contribution in [2.45, 2.75) is 25.7 Å². The van der Waals surface area contributed by atoms with Crippen molar-refractivity contribution in [3.05, 3.63) is 57.3 Å². The van der Waals surface area contributed by atoms with E-state index in [1.54, 1.807) is 5.51 Å². The quantitative estimate of drug-likeness (QED) is 0.589. The first-order valence-electron chi connectivity index (χ1n) is 9.93. The molecule has 4 rings (SSSR count). The Morgan fingerprint density at radius 3 is 2.63 bits per heavy atom. The third-order valence-corrected chi connectivity index (χ3v) is 6.60. The van der Waals surface area contributed by atoms with Crippen molar-refractivity contribution < 1.29 is 4.79 Å². The molecule has 0 atom stereocenters. The van der Waals surface area contributed by atoms with Crippen molar-refractivity contribution in [3.8, 4) is 11.1 Å². The number of carbonyl (C=O) groups excluding carboxylic acids is 1. The molecule has 0 spiro atoms. The van der Waals surface area contributed by atoms with Gasteiger partial charge in [-0.05, 0) is 37.5 Å². The van der Waals surface area contributed by atoms with E-state index >= 15 is 0 Å². The molecule has 1 aliphatic rings. The molecule has 0 saturated carbocycles. The fraction of sp³-hybridized carbons (Fsp3) is 0.364. The van der Waals surface area contributed by atoms with Crippen LogP contribution in [0, 0.1) is 6.92 Å². The van der Waals surface area contributed by atoms with Gasteiger partial charge in [-0.1, -0.05) is 23.7 Å². The first kappa shape index (κ1) is 20.8. The molecule has 0 bridgehead atoms. The normalized spacial score (nSPS) is 14.7. The molecule has 30 heavy (non-hydrogen) atoms. The van der Waals surface area contributed by atoms with Crippen molar-refractivity contribution in [1.82, 2.24) is 19.9 Å². The Bertz CT molecular complexity index is 1060. The van der Waals surface area contributed by atoms with Crippen LogP contribution in [-0.2, 0) is 0 Å². The van der Waals surface area contributed by atoms with Gasteiger partial charge in [-0.2, -0.15) is 0 Å². The number of halogens is 1. The predicted molar refractivity (Wildman–Crippen MR) is 122 cm³/mol. The van der Waals surface area contributed by atoms with Crippen LogP contribution < -0.4 is 4.90 Å². The van der Waals surface area contributed by atoms with Crippen molar-refractivity contribution in [2.24, 2.45) is 0 Å². The van der Waals surface area contributed by atoms with Crippen LogP contribution in [0.5, 0.6) is 0 Å². The average molecular weight is 442 g/mol. The molecule has 6 nitrogen and oxygen atoms in total. The smallest absolute Gasteiger partial charge is 0.265 e. The van der Waals surface area contributed by atoms with E-state index in [0.29, 0.717) is 24.1 Å². The molecule has 3 aromatic rings. The van der Waals surface area contributed by atoms with Crippen LogP contribution in [0.25, 0.3) is 11.1 Å². The molecule has 1 amide bonds. The van der Waals surface area contributed by atoms with Crippen molar-refractivity contribution in [3.63, 3.8) is 0 Å². The second kappa shape index (κ2) is 8.70. The number of hydrogen-bond donors (Lipinski definition) is 0. The van der Waals surface area contributed by atoms with Gasteiger partial charge in [0.25, 0.3) is 5.91 Å². The number of nitrogens with zero attached hydrogens (tertiary/aromatic N) is 5. The molecular formula is C22H24ClN5OS. The highest BCUT2D eigenvalue weighted by atomic mass is 35.5. The lowest BCUT2D eigenvalue weighted by Crippen LogP contribution is -2.38. The van der Waals surface area contributed by atoms with Crippen LogP contribution >= 0.6 is 22.9 Å². The number of hydrogen-bond acceptors (Lipinski definition) is 6. The number of piperidine rings is 1. The van der Waals surface area contributed by atoms with E-state index in [4.69, 9.17) is 16.6 Å². The van der Waals surface area contributed by atoms with Crippen LogP contribution in [-0.4, -0.2) is 52.9 Å². The van der Waals surface area contributed by atoms with E-state index in [1.807, 2.05) is 61.3 Å². The zero-order valence-electron chi connectivity index (χ0n) is 17.3. The summed E-state index contributed by atoms with van der Waals surface area (Å²) in [4.78, 5) is 31.1. The molecule has 1 aliphatic heterocycles. The summed E-state index contributed by atoms with van der Waals surface area (Å²) in [5.74, 6) is 1.03. The predicted octanol–water partition coefficient (Wildman–Crippen LogP) is 4.65. The van der Waals surface area contributed by atoms with Crippen LogP contribution in [0.1, 0.15) is 39.8 Å². The second-order valence-electron chi connectivity index (χ2n) is 7.71. The van der Waals surface area contributed by atoms with Gasteiger partial charge in [-0.3, -0.25) is 4.79 Å². The van der Waals surface area contributed by atoms with Gasteiger partial charge in [0.1, 0.15) is 4.88 Å². The maximum atomic E-state index is 12.8. The number of aryl methyl sites for hydroxylation is 1. The largest absolute Gasteiger partial charge is 0.347 e. The van der Waals surface area contributed by atoms with E-state index in [1.165, 1.54) is 11.3 Å². The summed E-state index contributed by atoms with van der Waals surface area (Å²) < 4.78 is 0. The fourth-order valence-corrected chi connectivity index (χ4v) is 4.76. The Balaban J connectivity index is 1.60. The molecule has 3 heterocycles. The van der Waals surface area contributed by atoms with Gasteiger partial charge in [0.05, 0.1) is 16.9 Å². The fourth-order valence-electron chi connectivity index (χ4n) is 3.80. The zero-order valence-corrected chi connectivity index (χ0v) is 18.9. The third kappa shape index (κ3) is 4.18. The van der Waals surface area contributed by atoms with Crippen molar-refractivity contribution in [1.29, 1.82) is 0 Å². The maximum absolute atomic E-state index is 12.8. The van der Waals surface area contributed by atoms with Gasteiger partial charge in [-0.15, -0.1) is 11.3 Å². The molecule has 0 unspecified atom stereocenters. The van der Waals surface area contributed by atoms with Crippen LogP contribution in [0.15, 0.2) is 36.0 Å². The third-order valence-electron chi connectivity index (χ3n) is 5.45. The number of rotatable bonds is 4. The topological polar surface area (TPSA) is 62.2 Å². The Labute approximate surface area is 185 Å². The molecule has 156 valence electrons. The molecular weight excluding hydrogens is 418 g/mol. The van der Waals surface area contributed by atoms with Crippen LogP contribution in [0.3, 0.4) is 0 Å². The number of aromatic nitrogens is 3. The number of thiazole rings is 1. The van der Waals surface area contributed by atoms with Crippen LogP contribution in [0.2, 0.25) is 5.02 Å². The Hall–Kier alpha value is -2.51. The summed E-state index contributed by atoms with van der Waals surface area (Å²) in [5.41, 5.74) is 5.59. The van der Waals surface area contributed by atoms with E-state index in [9.17, 15) is 4.79 Å². The lowest BCUT2D eigenvalue weighted by atomic mass is 9.89. The molecule has 1 aromatic carbocycles. The highest BCUT2D eigenvalue weighted by Gasteiger charge is 2.29. The minimum atomic E-state index is 0.0835. The lowest BCUT2D eigenvalue weighted by Gasteiger charge is -2.32. The lowest BCUT2D eigenvalue weighted by molar-refractivity contribution is 0.0716. The van der Waals surface area contributed by atoms with E-state index in [0.717, 1.165) is 40.2 Å². The SMILES string of the molecule is Cc1ncsc1C(=O)N1CCC(c2nc(N(C)C)ncc2-c2cccc(Cl)c2)CC1.